The number of ether oxygens (including phenoxy) is 1. The minimum atomic E-state index is 0.0244. The number of nitrogens with one attached hydrogen (secondary N) is 1. The van der Waals surface area contributed by atoms with Gasteiger partial charge in [-0.1, -0.05) is 22.0 Å². The fourth-order valence-electron chi connectivity index (χ4n) is 1.70. The number of halogens is 1. The summed E-state index contributed by atoms with van der Waals surface area (Å²) in [5, 5.41) is 0. The van der Waals surface area contributed by atoms with E-state index >= 15 is 0 Å². The van der Waals surface area contributed by atoms with Gasteiger partial charge in [0.2, 0.25) is 5.91 Å². The fraction of sp³-hybridized carbons (Fsp3) is 0.286. The molecule has 20 heavy (non-hydrogen) atoms. The molecule has 2 aromatic rings. The molecule has 1 aromatic carbocycles. The number of carbonyl (C=O) groups excluding carboxylic acids is 1. The van der Waals surface area contributed by atoms with E-state index in [0.717, 1.165) is 16.0 Å². The lowest BCUT2D eigenvalue weighted by Crippen LogP contribution is -2.27. The molecule has 1 heterocycles. The highest BCUT2D eigenvalue weighted by molar-refractivity contribution is 9.10. The summed E-state index contributed by atoms with van der Waals surface area (Å²) in [5.74, 6) is 1.55. The summed E-state index contributed by atoms with van der Waals surface area (Å²) in [6, 6.07) is 7.55. The second kappa shape index (κ2) is 7.09. The third-order valence-electron chi connectivity index (χ3n) is 2.75. The molecule has 0 aliphatic carbocycles. The summed E-state index contributed by atoms with van der Waals surface area (Å²) >= 11 is 3.37. The molecule has 0 unspecified atom stereocenters. The van der Waals surface area contributed by atoms with Crippen molar-refractivity contribution in [3.63, 3.8) is 0 Å². The first-order valence-electron chi connectivity index (χ1n) is 6.26. The van der Waals surface area contributed by atoms with Gasteiger partial charge < -0.3 is 14.6 Å². The SMILES string of the molecule is CN(Cc1ncc[nH]1)C(=O)CCOc1cccc(Br)c1. The Morgan fingerprint density at radius 3 is 3.05 bits per heavy atom. The summed E-state index contributed by atoms with van der Waals surface area (Å²) in [6.45, 7) is 0.834. The molecule has 0 bridgehead atoms. The topological polar surface area (TPSA) is 58.2 Å². The van der Waals surface area contributed by atoms with E-state index in [1.165, 1.54) is 0 Å². The van der Waals surface area contributed by atoms with Gasteiger partial charge in [0.15, 0.2) is 0 Å². The van der Waals surface area contributed by atoms with Crippen molar-refractivity contribution in [2.24, 2.45) is 0 Å². The van der Waals surface area contributed by atoms with Crippen molar-refractivity contribution >= 4 is 21.8 Å². The van der Waals surface area contributed by atoms with Gasteiger partial charge in [0, 0.05) is 23.9 Å². The molecule has 5 nitrogen and oxygen atoms in total. The Morgan fingerprint density at radius 2 is 2.35 bits per heavy atom. The molecule has 0 fully saturated rings. The van der Waals surface area contributed by atoms with Gasteiger partial charge >= 0.3 is 0 Å². The van der Waals surface area contributed by atoms with E-state index < -0.39 is 0 Å². The van der Waals surface area contributed by atoms with E-state index in [1.807, 2.05) is 24.3 Å². The third kappa shape index (κ3) is 4.38. The van der Waals surface area contributed by atoms with Crippen LogP contribution in [0.1, 0.15) is 12.2 Å². The van der Waals surface area contributed by atoms with Crippen molar-refractivity contribution in [2.45, 2.75) is 13.0 Å². The second-order valence-corrected chi connectivity index (χ2v) is 5.26. The number of amides is 1. The lowest BCUT2D eigenvalue weighted by molar-refractivity contribution is -0.131. The number of imidazole rings is 1. The molecule has 0 aliphatic rings. The Labute approximate surface area is 126 Å². The summed E-state index contributed by atoms with van der Waals surface area (Å²) in [7, 11) is 1.75. The van der Waals surface area contributed by atoms with Crippen molar-refractivity contribution in [1.29, 1.82) is 0 Å². The lowest BCUT2D eigenvalue weighted by atomic mass is 10.3. The molecular weight excluding hydrogens is 322 g/mol. The van der Waals surface area contributed by atoms with Gasteiger partial charge in [0.1, 0.15) is 11.6 Å². The van der Waals surface area contributed by atoms with E-state index in [-0.39, 0.29) is 5.91 Å². The maximum atomic E-state index is 11.9. The zero-order valence-electron chi connectivity index (χ0n) is 11.2. The summed E-state index contributed by atoms with van der Waals surface area (Å²) in [6.07, 6.45) is 3.75. The van der Waals surface area contributed by atoms with Crippen LogP contribution in [0, 0.1) is 0 Å². The number of hydrogen-bond donors (Lipinski definition) is 1. The van der Waals surface area contributed by atoms with Gasteiger partial charge in [0.05, 0.1) is 19.6 Å². The number of aromatic nitrogens is 2. The van der Waals surface area contributed by atoms with Gasteiger partial charge in [-0.2, -0.15) is 0 Å². The smallest absolute Gasteiger partial charge is 0.226 e. The molecular formula is C14H16BrN3O2. The first kappa shape index (κ1) is 14.6. The number of carbonyl (C=O) groups is 1. The maximum absolute atomic E-state index is 11.9. The van der Waals surface area contributed by atoms with Crippen LogP contribution in [0.5, 0.6) is 5.75 Å². The number of nitrogens with zero attached hydrogens (tertiary/aromatic N) is 2. The van der Waals surface area contributed by atoms with Gasteiger partial charge in [-0.05, 0) is 18.2 Å². The number of H-pyrrole nitrogens is 1. The van der Waals surface area contributed by atoms with Crippen LogP contribution in [-0.2, 0) is 11.3 Å². The maximum Gasteiger partial charge on any atom is 0.226 e. The number of rotatable bonds is 6. The summed E-state index contributed by atoms with van der Waals surface area (Å²) in [5.41, 5.74) is 0. The van der Waals surface area contributed by atoms with Crippen LogP contribution in [0.25, 0.3) is 0 Å². The first-order chi connectivity index (χ1) is 9.65. The van der Waals surface area contributed by atoms with Gasteiger partial charge in [-0.15, -0.1) is 0 Å². The predicted molar refractivity (Wildman–Crippen MR) is 79.3 cm³/mol. The van der Waals surface area contributed by atoms with Crippen molar-refractivity contribution in [3.8, 4) is 5.75 Å². The molecule has 0 aliphatic heterocycles. The average Bonchev–Trinajstić information content (AvgIpc) is 2.91. The van der Waals surface area contributed by atoms with E-state index in [1.54, 1.807) is 24.3 Å². The van der Waals surface area contributed by atoms with Crippen LogP contribution in [0.15, 0.2) is 41.1 Å². The standard InChI is InChI=1S/C14H16BrN3O2/c1-18(10-13-16-6-7-17-13)14(19)5-8-20-12-4-2-3-11(15)9-12/h2-4,6-7,9H,5,8,10H2,1H3,(H,16,17). The summed E-state index contributed by atoms with van der Waals surface area (Å²) in [4.78, 5) is 20.6. The highest BCUT2D eigenvalue weighted by atomic mass is 79.9. The molecule has 1 N–H and O–H groups in total. The minimum Gasteiger partial charge on any atom is -0.493 e. The molecule has 0 saturated carbocycles. The summed E-state index contributed by atoms with van der Waals surface area (Å²) < 4.78 is 6.50. The van der Waals surface area contributed by atoms with Crippen molar-refractivity contribution < 1.29 is 9.53 Å². The second-order valence-electron chi connectivity index (χ2n) is 4.34. The zero-order valence-corrected chi connectivity index (χ0v) is 12.8. The van der Waals surface area contributed by atoms with Gasteiger partial charge in [0.25, 0.3) is 0 Å². The molecule has 0 spiro atoms. The van der Waals surface area contributed by atoms with E-state index in [2.05, 4.69) is 25.9 Å². The molecule has 0 radical (unpaired) electrons. The van der Waals surface area contributed by atoms with Crippen molar-refractivity contribution in [3.05, 3.63) is 47.0 Å². The van der Waals surface area contributed by atoms with E-state index in [4.69, 9.17) is 4.74 Å². The minimum absolute atomic E-state index is 0.0244. The number of hydrogen-bond acceptors (Lipinski definition) is 3. The van der Waals surface area contributed by atoms with Crippen LogP contribution in [0.4, 0.5) is 0 Å². The van der Waals surface area contributed by atoms with E-state index in [9.17, 15) is 4.79 Å². The Hall–Kier alpha value is -1.82. The fourth-order valence-corrected chi connectivity index (χ4v) is 2.08. The molecule has 6 heteroatoms. The Kier molecular flexibility index (Phi) is 5.17. The quantitative estimate of drug-likeness (QED) is 0.881. The Balaban J connectivity index is 1.74. The van der Waals surface area contributed by atoms with Crippen molar-refractivity contribution in [2.75, 3.05) is 13.7 Å². The largest absolute Gasteiger partial charge is 0.493 e. The van der Waals surface area contributed by atoms with Crippen LogP contribution in [-0.4, -0.2) is 34.4 Å². The van der Waals surface area contributed by atoms with E-state index in [0.29, 0.717) is 19.6 Å². The number of benzene rings is 1. The first-order valence-corrected chi connectivity index (χ1v) is 7.05. The lowest BCUT2D eigenvalue weighted by Gasteiger charge is -2.16. The highest BCUT2D eigenvalue weighted by Crippen LogP contribution is 2.17. The zero-order chi connectivity index (χ0) is 14.4. The molecule has 0 atom stereocenters. The van der Waals surface area contributed by atoms with Gasteiger partial charge in [-0.25, -0.2) is 4.98 Å². The Bertz CT molecular complexity index is 557. The average molecular weight is 338 g/mol. The van der Waals surface area contributed by atoms with Gasteiger partial charge in [-0.3, -0.25) is 4.79 Å². The monoisotopic (exact) mass is 337 g/mol. The molecule has 2 rings (SSSR count). The normalized spacial score (nSPS) is 10.3. The third-order valence-corrected chi connectivity index (χ3v) is 3.24. The van der Waals surface area contributed by atoms with Crippen LogP contribution in [0.3, 0.4) is 0 Å². The van der Waals surface area contributed by atoms with Crippen molar-refractivity contribution in [1.82, 2.24) is 14.9 Å². The van der Waals surface area contributed by atoms with Crippen LogP contribution in [0.2, 0.25) is 0 Å². The van der Waals surface area contributed by atoms with Crippen LogP contribution >= 0.6 is 15.9 Å². The Morgan fingerprint density at radius 1 is 1.50 bits per heavy atom. The highest BCUT2D eigenvalue weighted by Gasteiger charge is 2.10. The van der Waals surface area contributed by atoms with Crippen LogP contribution < -0.4 is 4.74 Å². The molecule has 106 valence electrons. The predicted octanol–water partition coefficient (Wildman–Crippen LogP) is 2.60. The number of aromatic amines is 1. The molecule has 1 aromatic heterocycles. The molecule has 1 amide bonds. The molecule has 0 saturated heterocycles.